The summed E-state index contributed by atoms with van der Waals surface area (Å²) in [6.45, 7) is 0.635. The zero-order chi connectivity index (χ0) is 21.0. The summed E-state index contributed by atoms with van der Waals surface area (Å²) < 4.78 is 41.3. The van der Waals surface area contributed by atoms with Crippen molar-refractivity contribution in [1.82, 2.24) is 18.5 Å². The zero-order valence-electron chi connectivity index (χ0n) is 15.7. The van der Waals surface area contributed by atoms with E-state index < -0.39 is 29.5 Å². The number of amides is 2. The van der Waals surface area contributed by atoms with Gasteiger partial charge in [0.1, 0.15) is 17.9 Å². The summed E-state index contributed by atoms with van der Waals surface area (Å²) in [6, 6.07) is 2.92. The molecule has 1 aromatic heterocycles. The minimum atomic E-state index is -1.02. The van der Waals surface area contributed by atoms with Gasteiger partial charge in [0, 0.05) is 32.0 Å². The summed E-state index contributed by atoms with van der Waals surface area (Å²) in [4.78, 5) is 29.2. The van der Waals surface area contributed by atoms with Gasteiger partial charge in [0.2, 0.25) is 0 Å². The van der Waals surface area contributed by atoms with Gasteiger partial charge >= 0.3 is 0 Å². The molecule has 0 saturated carbocycles. The van der Waals surface area contributed by atoms with E-state index in [2.05, 4.69) is 8.75 Å². The Bertz CT molecular complexity index is 1010. The Kier molecular flexibility index (Phi) is 4.75. The van der Waals surface area contributed by atoms with Crippen LogP contribution in [0, 0.1) is 11.6 Å². The van der Waals surface area contributed by atoms with Gasteiger partial charge < -0.3 is 14.5 Å². The molecule has 2 amide bonds. The van der Waals surface area contributed by atoms with E-state index in [0.29, 0.717) is 44.3 Å². The van der Waals surface area contributed by atoms with Crippen LogP contribution in [-0.2, 0) is 9.53 Å². The SMILES string of the molecule is O=C(c1nsnc1Cl)N1CCC2(CC1)OC1CCC(c3cc(F)cc(F)c3)N1C2=O. The third-order valence-corrected chi connectivity index (χ3v) is 6.99. The molecule has 4 heterocycles. The number of fused-ring (bicyclic) bond motifs is 1. The highest BCUT2D eigenvalue weighted by atomic mass is 35.5. The van der Waals surface area contributed by atoms with E-state index in [9.17, 15) is 18.4 Å². The Hall–Kier alpha value is -2.17. The number of hydrogen-bond donors (Lipinski definition) is 0. The number of nitrogens with zero attached hydrogens (tertiary/aromatic N) is 4. The lowest BCUT2D eigenvalue weighted by Crippen LogP contribution is -2.51. The molecule has 30 heavy (non-hydrogen) atoms. The van der Waals surface area contributed by atoms with Crippen LogP contribution >= 0.6 is 23.3 Å². The van der Waals surface area contributed by atoms with Gasteiger partial charge in [-0.2, -0.15) is 8.75 Å². The summed E-state index contributed by atoms with van der Waals surface area (Å²) in [7, 11) is 0. The molecule has 3 aliphatic rings. The summed E-state index contributed by atoms with van der Waals surface area (Å²) in [5.74, 6) is -1.83. The first-order chi connectivity index (χ1) is 14.4. The van der Waals surface area contributed by atoms with Gasteiger partial charge in [-0.1, -0.05) is 11.6 Å². The van der Waals surface area contributed by atoms with Crippen LogP contribution in [0.25, 0.3) is 0 Å². The minimum absolute atomic E-state index is 0.0734. The van der Waals surface area contributed by atoms with Gasteiger partial charge in [0.05, 0.1) is 17.8 Å². The molecule has 0 bridgehead atoms. The largest absolute Gasteiger partial charge is 0.342 e. The van der Waals surface area contributed by atoms with Crippen molar-refractivity contribution >= 4 is 35.1 Å². The number of aromatic nitrogens is 2. The van der Waals surface area contributed by atoms with Gasteiger partial charge in [0.15, 0.2) is 16.4 Å². The Balaban J connectivity index is 1.33. The molecule has 2 unspecified atom stereocenters. The highest BCUT2D eigenvalue weighted by Gasteiger charge is 2.58. The Morgan fingerprint density at radius 1 is 1.17 bits per heavy atom. The summed E-state index contributed by atoms with van der Waals surface area (Å²) in [6.07, 6.45) is 1.43. The van der Waals surface area contributed by atoms with E-state index in [1.54, 1.807) is 9.80 Å². The second-order valence-electron chi connectivity index (χ2n) is 7.77. The summed E-state index contributed by atoms with van der Waals surface area (Å²) in [5, 5.41) is 0.0734. The van der Waals surface area contributed by atoms with Crippen LogP contribution in [0.3, 0.4) is 0 Å². The highest BCUT2D eigenvalue weighted by molar-refractivity contribution is 6.99. The van der Waals surface area contributed by atoms with Crippen LogP contribution < -0.4 is 0 Å². The molecule has 3 aliphatic heterocycles. The third kappa shape index (κ3) is 3.09. The Morgan fingerprint density at radius 2 is 1.87 bits per heavy atom. The van der Waals surface area contributed by atoms with Crippen LogP contribution in [0.5, 0.6) is 0 Å². The number of rotatable bonds is 2. The summed E-state index contributed by atoms with van der Waals surface area (Å²) >= 11 is 6.78. The molecule has 11 heteroatoms. The molecule has 1 aromatic carbocycles. The molecule has 7 nitrogen and oxygen atoms in total. The first-order valence-corrected chi connectivity index (χ1v) is 10.7. The van der Waals surface area contributed by atoms with Gasteiger partial charge in [-0.15, -0.1) is 0 Å². The molecular weight excluding hydrogens is 438 g/mol. The molecule has 0 radical (unpaired) electrons. The van der Waals surface area contributed by atoms with Crippen molar-refractivity contribution in [3.63, 3.8) is 0 Å². The maximum Gasteiger partial charge on any atom is 0.276 e. The van der Waals surface area contributed by atoms with E-state index in [4.69, 9.17) is 16.3 Å². The smallest absolute Gasteiger partial charge is 0.276 e. The molecule has 2 atom stereocenters. The Morgan fingerprint density at radius 3 is 2.50 bits per heavy atom. The molecule has 5 rings (SSSR count). The average Bonchev–Trinajstić information content (AvgIpc) is 3.38. The number of carbonyl (C=O) groups is 2. The maximum absolute atomic E-state index is 13.7. The first kappa shape index (κ1) is 19.8. The summed E-state index contributed by atoms with van der Waals surface area (Å²) in [5.41, 5.74) is -0.469. The molecular formula is C19H17ClF2N4O3S. The number of halogens is 3. The molecule has 0 N–H and O–H groups in total. The predicted molar refractivity (Wildman–Crippen MR) is 103 cm³/mol. The van der Waals surface area contributed by atoms with Crippen molar-refractivity contribution in [2.75, 3.05) is 13.1 Å². The number of likely N-dealkylation sites (tertiary alicyclic amines) is 1. The molecule has 0 aliphatic carbocycles. The zero-order valence-corrected chi connectivity index (χ0v) is 17.3. The molecule has 2 aromatic rings. The Labute approximate surface area is 179 Å². The van der Waals surface area contributed by atoms with Crippen LogP contribution in [0.2, 0.25) is 5.15 Å². The number of carbonyl (C=O) groups excluding carboxylic acids is 2. The van der Waals surface area contributed by atoms with Crippen molar-refractivity contribution in [3.05, 3.63) is 46.2 Å². The van der Waals surface area contributed by atoms with Gasteiger partial charge in [-0.25, -0.2) is 8.78 Å². The van der Waals surface area contributed by atoms with Crippen molar-refractivity contribution in [1.29, 1.82) is 0 Å². The van der Waals surface area contributed by atoms with Crippen LogP contribution in [0.1, 0.15) is 47.8 Å². The van der Waals surface area contributed by atoms with E-state index in [-0.39, 0.29) is 22.7 Å². The average molecular weight is 455 g/mol. The van der Waals surface area contributed by atoms with E-state index in [0.717, 1.165) is 17.8 Å². The van der Waals surface area contributed by atoms with Crippen LogP contribution in [0.4, 0.5) is 8.78 Å². The minimum Gasteiger partial charge on any atom is -0.342 e. The van der Waals surface area contributed by atoms with E-state index in [1.807, 2.05) is 0 Å². The number of piperidine rings is 1. The maximum atomic E-state index is 13.7. The van der Waals surface area contributed by atoms with Gasteiger partial charge in [0.25, 0.3) is 11.8 Å². The molecule has 3 saturated heterocycles. The van der Waals surface area contributed by atoms with Gasteiger partial charge in [-0.05, 0) is 30.5 Å². The third-order valence-electron chi connectivity index (χ3n) is 6.10. The quantitative estimate of drug-likeness (QED) is 0.696. The monoisotopic (exact) mass is 454 g/mol. The number of hydrogen-bond acceptors (Lipinski definition) is 6. The second kappa shape index (κ2) is 7.21. The van der Waals surface area contributed by atoms with Gasteiger partial charge in [-0.3, -0.25) is 9.59 Å². The normalized spacial score (nSPS) is 25.2. The van der Waals surface area contributed by atoms with Crippen LogP contribution in [-0.4, -0.2) is 55.3 Å². The number of benzene rings is 1. The van der Waals surface area contributed by atoms with Crippen molar-refractivity contribution in [2.24, 2.45) is 0 Å². The van der Waals surface area contributed by atoms with E-state index in [1.165, 1.54) is 12.1 Å². The first-order valence-electron chi connectivity index (χ1n) is 9.62. The van der Waals surface area contributed by atoms with Crippen molar-refractivity contribution in [3.8, 4) is 0 Å². The topological polar surface area (TPSA) is 75.6 Å². The number of ether oxygens (including phenoxy) is 1. The van der Waals surface area contributed by atoms with Crippen molar-refractivity contribution < 1.29 is 23.1 Å². The predicted octanol–water partition coefficient (Wildman–Crippen LogP) is 3.16. The lowest BCUT2D eigenvalue weighted by molar-refractivity contribution is -0.142. The fourth-order valence-corrected chi connectivity index (χ4v) is 5.38. The lowest BCUT2D eigenvalue weighted by Gasteiger charge is -2.37. The molecule has 158 valence electrons. The van der Waals surface area contributed by atoms with Crippen LogP contribution in [0.15, 0.2) is 18.2 Å². The standard InChI is InChI=1S/C19H17ClF2N4O3S/c20-16-15(23-30-24-16)17(27)25-5-3-19(4-6-25)18(28)26-13(1-2-14(26)29-19)10-7-11(21)9-12(22)8-10/h7-9,13-14H,1-6H2. The fraction of sp³-hybridized carbons (Fsp3) is 0.474. The van der Waals surface area contributed by atoms with Crippen molar-refractivity contribution in [2.45, 2.75) is 43.6 Å². The second-order valence-corrected chi connectivity index (χ2v) is 8.66. The fourth-order valence-electron chi connectivity index (χ4n) is 4.67. The molecule has 3 fully saturated rings. The molecule has 1 spiro atoms. The lowest BCUT2D eigenvalue weighted by atomic mass is 9.89. The highest BCUT2D eigenvalue weighted by Crippen LogP contribution is 2.47. The van der Waals surface area contributed by atoms with E-state index >= 15 is 0 Å².